The number of hydrogen-bond donors (Lipinski definition) is 7. The summed E-state index contributed by atoms with van der Waals surface area (Å²) < 4.78 is 0. The van der Waals surface area contributed by atoms with Gasteiger partial charge in [-0.15, -0.1) is 0 Å². The van der Waals surface area contributed by atoms with Crippen LogP contribution in [-0.2, 0) is 0 Å². The maximum absolute atomic E-state index is 5.64. The molecule has 0 aliphatic heterocycles. The maximum Gasteiger partial charge on any atom is 0.0110 e. The van der Waals surface area contributed by atoms with Gasteiger partial charge < -0.3 is 49.5 Å². The first-order chi connectivity index (χ1) is 15.2. The number of likely N-dealkylation sites (N-methyl/N-ethyl adjacent to an activating group) is 2. The van der Waals surface area contributed by atoms with E-state index in [0.29, 0.717) is 13.1 Å². The van der Waals surface area contributed by atoms with Crippen LogP contribution in [-0.4, -0.2) is 127 Å². The van der Waals surface area contributed by atoms with Gasteiger partial charge in [-0.2, -0.15) is 0 Å². The van der Waals surface area contributed by atoms with E-state index in [0.717, 1.165) is 72.0 Å². The van der Waals surface area contributed by atoms with E-state index in [1.807, 2.05) is 13.8 Å². The van der Waals surface area contributed by atoms with Crippen LogP contribution in [0.1, 0.15) is 34.1 Å². The van der Waals surface area contributed by atoms with Crippen LogP contribution in [0.15, 0.2) is 0 Å². The van der Waals surface area contributed by atoms with Gasteiger partial charge in [-0.1, -0.05) is 27.7 Å². The van der Waals surface area contributed by atoms with Crippen LogP contribution < -0.4 is 39.7 Å². The molecule has 0 saturated carbocycles. The van der Waals surface area contributed by atoms with Crippen molar-refractivity contribution in [1.29, 1.82) is 0 Å². The van der Waals surface area contributed by atoms with E-state index in [1.54, 1.807) is 0 Å². The zero-order valence-corrected chi connectivity index (χ0v) is 23.0. The lowest BCUT2D eigenvalue weighted by molar-refractivity contribution is 0.233. The highest BCUT2D eigenvalue weighted by Crippen LogP contribution is 1.89. The van der Waals surface area contributed by atoms with Crippen molar-refractivity contribution in [2.24, 2.45) is 22.9 Å². The lowest BCUT2D eigenvalue weighted by Gasteiger charge is -2.24. The molecule has 0 heterocycles. The van der Waals surface area contributed by atoms with Gasteiger partial charge in [0.2, 0.25) is 0 Å². The minimum atomic E-state index is 0. The Morgan fingerprint density at radius 2 is 1.06 bits per heavy atom. The Labute approximate surface area is 201 Å². The summed E-state index contributed by atoms with van der Waals surface area (Å²) in [6, 6.07) is 0. The number of nitrogens with two attached hydrogens (primary N) is 4. The van der Waals surface area contributed by atoms with Crippen molar-refractivity contribution in [3.63, 3.8) is 0 Å². The van der Waals surface area contributed by atoms with Crippen molar-refractivity contribution < 1.29 is 0 Å². The SMILES string of the molecule is CC.CCCN(CC)CCNCCNCCN(C)CCN(CCN)CCN.CN.CN.N. The molecular formula is C22H64N10. The molecule has 0 radical (unpaired) electrons. The molecule has 0 saturated heterocycles. The van der Waals surface area contributed by atoms with Gasteiger partial charge in [-0.05, 0) is 40.7 Å². The molecule has 0 amide bonds. The van der Waals surface area contributed by atoms with Gasteiger partial charge in [0.1, 0.15) is 0 Å². The fourth-order valence-corrected chi connectivity index (χ4v) is 2.80. The van der Waals surface area contributed by atoms with Gasteiger partial charge >= 0.3 is 0 Å². The van der Waals surface area contributed by atoms with Crippen molar-refractivity contribution in [3.05, 3.63) is 0 Å². The molecule has 0 aliphatic carbocycles. The summed E-state index contributed by atoms with van der Waals surface area (Å²) in [5, 5.41) is 7.03. The van der Waals surface area contributed by atoms with Crippen molar-refractivity contribution in [2.45, 2.75) is 34.1 Å². The van der Waals surface area contributed by atoms with Crippen LogP contribution in [0, 0.1) is 0 Å². The predicted molar refractivity (Wildman–Crippen MR) is 147 cm³/mol. The van der Waals surface area contributed by atoms with E-state index in [2.05, 4.69) is 57.7 Å². The van der Waals surface area contributed by atoms with E-state index in [-0.39, 0.29) is 6.15 Å². The van der Waals surface area contributed by atoms with Crippen LogP contribution in [0.3, 0.4) is 0 Å². The monoisotopic (exact) mass is 469 g/mol. The molecular weight excluding hydrogens is 404 g/mol. The maximum atomic E-state index is 5.64. The molecule has 0 aliphatic rings. The molecule has 0 fully saturated rings. The molecule has 0 aromatic carbocycles. The Kier molecular flexibility index (Phi) is 53.5. The van der Waals surface area contributed by atoms with E-state index < -0.39 is 0 Å². The minimum Gasteiger partial charge on any atom is -0.344 e. The molecule has 0 unspecified atom stereocenters. The lowest BCUT2D eigenvalue weighted by atomic mass is 10.4. The Morgan fingerprint density at radius 1 is 0.594 bits per heavy atom. The fraction of sp³-hybridized carbons (Fsp3) is 1.00. The summed E-state index contributed by atoms with van der Waals surface area (Å²) in [6.07, 6.45) is 1.24. The first kappa shape index (κ1) is 41.8. The van der Waals surface area contributed by atoms with Crippen molar-refractivity contribution in [3.8, 4) is 0 Å². The van der Waals surface area contributed by atoms with E-state index in [1.165, 1.54) is 27.1 Å². The molecule has 0 rings (SSSR count). The van der Waals surface area contributed by atoms with E-state index in [4.69, 9.17) is 11.5 Å². The number of hydrogen-bond acceptors (Lipinski definition) is 10. The Bertz CT molecular complexity index is 267. The zero-order valence-electron chi connectivity index (χ0n) is 23.0. The summed E-state index contributed by atoms with van der Waals surface area (Å²) >= 11 is 0. The predicted octanol–water partition coefficient (Wildman–Crippen LogP) is -0.613. The van der Waals surface area contributed by atoms with Crippen LogP contribution in [0.2, 0.25) is 0 Å². The Balaban J connectivity index is -0.000000318. The second-order valence-corrected chi connectivity index (χ2v) is 6.66. The standard InChI is InChI=1S/C18H45N7.C2H6.2CH5N.H3N/c1-4-12-24(5-2)16-11-22-9-8-21-10-15-23(3)17-18-25(13-6-19)14-7-20;3*1-2;/h21-22H,4-20H2,1-3H3;1-2H3;2*2H2,1H3;1H3. The second-order valence-electron chi connectivity index (χ2n) is 6.66. The summed E-state index contributed by atoms with van der Waals surface area (Å²) in [7, 11) is 5.18. The molecule has 0 spiro atoms. The largest absolute Gasteiger partial charge is 0.344 e. The van der Waals surface area contributed by atoms with Gasteiger partial charge in [0, 0.05) is 78.5 Å². The molecule has 13 N–H and O–H groups in total. The third kappa shape index (κ3) is 34.2. The topological polar surface area (TPSA) is 173 Å². The summed E-state index contributed by atoms with van der Waals surface area (Å²) in [5.41, 5.74) is 20.3. The summed E-state index contributed by atoms with van der Waals surface area (Å²) in [6.45, 7) is 22.6. The van der Waals surface area contributed by atoms with Crippen LogP contribution in [0.4, 0.5) is 0 Å². The first-order valence-corrected chi connectivity index (χ1v) is 12.3. The van der Waals surface area contributed by atoms with E-state index >= 15 is 0 Å². The number of nitrogens with zero attached hydrogens (tertiary/aromatic N) is 3. The molecule has 10 heteroatoms. The van der Waals surface area contributed by atoms with Gasteiger partial charge in [0.05, 0.1) is 0 Å². The van der Waals surface area contributed by atoms with Crippen molar-refractivity contribution in [1.82, 2.24) is 31.5 Å². The van der Waals surface area contributed by atoms with Crippen LogP contribution in [0.5, 0.6) is 0 Å². The molecule has 0 atom stereocenters. The molecule has 10 nitrogen and oxygen atoms in total. The second kappa shape index (κ2) is 40.9. The van der Waals surface area contributed by atoms with E-state index in [9.17, 15) is 0 Å². The van der Waals surface area contributed by atoms with Crippen LogP contribution in [0.25, 0.3) is 0 Å². The summed E-state index contributed by atoms with van der Waals surface area (Å²) in [4.78, 5) is 7.20. The normalized spacial score (nSPS) is 9.94. The van der Waals surface area contributed by atoms with Gasteiger partial charge in [0.25, 0.3) is 0 Å². The highest BCUT2D eigenvalue weighted by atomic mass is 15.2. The molecule has 32 heavy (non-hydrogen) atoms. The van der Waals surface area contributed by atoms with Gasteiger partial charge in [-0.25, -0.2) is 0 Å². The average molecular weight is 469 g/mol. The average Bonchev–Trinajstić information content (AvgIpc) is 2.82. The molecule has 0 aromatic rings. The molecule has 0 aromatic heterocycles. The summed E-state index contributed by atoms with van der Waals surface area (Å²) in [5.74, 6) is 0. The fourth-order valence-electron chi connectivity index (χ4n) is 2.80. The third-order valence-electron chi connectivity index (χ3n) is 4.43. The number of nitrogens with one attached hydrogen (secondary N) is 2. The molecule has 0 bridgehead atoms. The van der Waals surface area contributed by atoms with Crippen LogP contribution >= 0.6 is 0 Å². The Morgan fingerprint density at radius 3 is 1.47 bits per heavy atom. The van der Waals surface area contributed by atoms with Gasteiger partial charge in [0.15, 0.2) is 0 Å². The third-order valence-corrected chi connectivity index (χ3v) is 4.43. The highest BCUT2D eigenvalue weighted by Gasteiger charge is 2.05. The lowest BCUT2D eigenvalue weighted by Crippen LogP contribution is -2.41. The molecule has 202 valence electrons. The smallest absolute Gasteiger partial charge is 0.0110 e. The minimum absolute atomic E-state index is 0. The first-order valence-electron chi connectivity index (χ1n) is 12.3. The highest BCUT2D eigenvalue weighted by molar-refractivity contribution is 4.64. The zero-order chi connectivity index (χ0) is 24.8. The van der Waals surface area contributed by atoms with Gasteiger partial charge in [-0.3, -0.25) is 4.90 Å². The number of rotatable bonds is 19. The Hall–Kier alpha value is -0.400. The van der Waals surface area contributed by atoms with Crippen molar-refractivity contribution in [2.75, 3.05) is 113 Å². The quantitative estimate of drug-likeness (QED) is 0.121. The van der Waals surface area contributed by atoms with Crippen molar-refractivity contribution >= 4 is 0 Å².